The van der Waals surface area contributed by atoms with Crippen LogP contribution in [0.4, 0.5) is 0 Å². The highest BCUT2D eigenvalue weighted by molar-refractivity contribution is 5.83. The number of nitrogens with two attached hydrogens (primary N) is 1. The summed E-state index contributed by atoms with van der Waals surface area (Å²) < 4.78 is 16.8. The number of furan rings is 2. The number of rotatable bonds is 3. The van der Waals surface area contributed by atoms with Crippen LogP contribution in [-0.4, -0.2) is 7.11 Å². The molecule has 0 aliphatic heterocycles. The molecule has 0 spiro atoms. The van der Waals surface area contributed by atoms with Crippen molar-refractivity contribution in [1.82, 2.24) is 0 Å². The Balaban J connectivity index is 2.11. The summed E-state index contributed by atoms with van der Waals surface area (Å²) in [4.78, 5) is 0. The first-order chi connectivity index (χ1) is 10.0. The molecule has 3 aromatic rings. The van der Waals surface area contributed by atoms with Gasteiger partial charge in [-0.3, -0.25) is 0 Å². The van der Waals surface area contributed by atoms with Crippen LogP contribution in [0, 0.1) is 20.8 Å². The van der Waals surface area contributed by atoms with Crippen LogP contribution in [0.25, 0.3) is 11.0 Å². The molecule has 1 atom stereocenters. The van der Waals surface area contributed by atoms with Gasteiger partial charge in [0.15, 0.2) is 0 Å². The molecule has 110 valence electrons. The van der Waals surface area contributed by atoms with Crippen molar-refractivity contribution in [3.05, 3.63) is 52.7 Å². The van der Waals surface area contributed by atoms with E-state index in [0.717, 1.165) is 45.1 Å². The maximum atomic E-state index is 6.38. The third-order valence-electron chi connectivity index (χ3n) is 3.88. The molecule has 3 rings (SSSR count). The number of benzene rings is 1. The van der Waals surface area contributed by atoms with Gasteiger partial charge >= 0.3 is 0 Å². The molecule has 0 saturated carbocycles. The molecule has 0 radical (unpaired) electrons. The highest BCUT2D eigenvalue weighted by Crippen LogP contribution is 2.34. The van der Waals surface area contributed by atoms with Crippen molar-refractivity contribution in [2.45, 2.75) is 26.8 Å². The van der Waals surface area contributed by atoms with Crippen LogP contribution in [0.2, 0.25) is 0 Å². The van der Waals surface area contributed by atoms with Gasteiger partial charge in [0.25, 0.3) is 0 Å². The van der Waals surface area contributed by atoms with E-state index in [4.69, 9.17) is 19.3 Å². The zero-order chi connectivity index (χ0) is 15.1. The Labute approximate surface area is 123 Å². The number of hydrogen-bond acceptors (Lipinski definition) is 4. The Morgan fingerprint density at radius 2 is 1.86 bits per heavy atom. The van der Waals surface area contributed by atoms with Crippen molar-refractivity contribution >= 4 is 11.0 Å². The quantitative estimate of drug-likeness (QED) is 0.790. The van der Waals surface area contributed by atoms with Gasteiger partial charge in [0.2, 0.25) is 0 Å². The Bertz CT molecular complexity index is 798. The summed E-state index contributed by atoms with van der Waals surface area (Å²) in [6.07, 6.45) is 0. The second kappa shape index (κ2) is 4.97. The molecule has 0 aliphatic rings. The SMILES string of the molecule is COc1ccc2c(C)c(C(N)c3cc(C)oc3C)oc2c1. The van der Waals surface area contributed by atoms with Gasteiger partial charge in [-0.1, -0.05) is 0 Å². The van der Waals surface area contributed by atoms with Crippen LogP contribution in [0.5, 0.6) is 5.75 Å². The van der Waals surface area contributed by atoms with Crippen molar-refractivity contribution in [1.29, 1.82) is 0 Å². The normalized spacial score (nSPS) is 12.8. The summed E-state index contributed by atoms with van der Waals surface area (Å²) in [5.74, 6) is 3.22. The monoisotopic (exact) mass is 285 g/mol. The Kier molecular flexibility index (Phi) is 3.26. The fourth-order valence-corrected chi connectivity index (χ4v) is 2.75. The fourth-order valence-electron chi connectivity index (χ4n) is 2.75. The van der Waals surface area contributed by atoms with Crippen LogP contribution in [0.3, 0.4) is 0 Å². The molecule has 0 bridgehead atoms. The van der Waals surface area contributed by atoms with E-state index in [1.807, 2.05) is 45.0 Å². The van der Waals surface area contributed by atoms with E-state index in [1.165, 1.54) is 0 Å². The first kappa shape index (κ1) is 13.8. The minimum atomic E-state index is -0.333. The largest absolute Gasteiger partial charge is 0.497 e. The predicted octanol–water partition coefficient (Wildman–Crippen LogP) is 4.01. The van der Waals surface area contributed by atoms with Crippen LogP contribution in [0.1, 0.15) is 34.4 Å². The van der Waals surface area contributed by atoms with Crippen molar-refractivity contribution < 1.29 is 13.6 Å². The lowest BCUT2D eigenvalue weighted by Crippen LogP contribution is -2.12. The van der Waals surface area contributed by atoms with E-state index in [0.29, 0.717) is 0 Å². The molecule has 4 nitrogen and oxygen atoms in total. The molecule has 4 heteroatoms. The van der Waals surface area contributed by atoms with Gasteiger partial charge in [-0.15, -0.1) is 0 Å². The number of methoxy groups -OCH3 is 1. The zero-order valence-electron chi connectivity index (χ0n) is 12.7. The van der Waals surface area contributed by atoms with Gasteiger partial charge in [0, 0.05) is 22.6 Å². The van der Waals surface area contributed by atoms with Crippen molar-refractivity contribution in [2.24, 2.45) is 5.73 Å². The van der Waals surface area contributed by atoms with Crippen LogP contribution < -0.4 is 10.5 Å². The molecule has 1 aromatic carbocycles. The van der Waals surface area contributed by atoms with Gasteiger partial charge < -0.3 is 19.3 Å². The lowest BCUT2D eigenvalue weighted by molar-refractivity contribution is 0.414. The van der Waals surface area contributed by atoms with Crippen LogP contribution in [0.15, 0.2) is 33.1 Å². The maximum absolute atomic E-state index is 6.38. The molecule has 0 fully saturated rings. The van der Waals surface area contributed by atoms with Crippen molar-refractivity contribution in [2.75, 3.05) is 7.11 Å². The molecule has 1 unspecified atom stereocenters. The number of aryl methyl sites for hydroxylation is 3. The minimum Gasteiger partial charge on any atom is -0.497 e. The number of fused-ring (bicyclic) bond motifs is 1. The highest BCUT2D eigenvalue weighted by atomic mass is 16.5. The van der Waals surface area contributed by atoms with E-state index in [-0.39, 0.29) is 6.04 Å². The van der Waals surface area contributed by atoms with Crippen molar-refractivity contribution in [3.8, 4) is 5.75 Å². The molecule has 2 aromatic heterocycles. The lowest BCUT2D eigenvalue weighted by Gasteiger charge is -2.08. The molecule has 0 aliphatic carbocycles. The van der Waals surface area contributed by atoms with E-state index in [1.54, 1.807) is 7.11 Å². The smallest absolute Gasteiger partial charge is 0.138 e. The van der Waals surface area contributed by atoms with E-state index >= 15 is 0 Å². The standard InChI is InChI=1S/C17H19NO3/c1-9-7-14(11(3)20-9)16(18)17-10(2)13-6-5-12(19-4)8-15(13)21-17/h5-8,16H,18H2,1-4H3. The third-order valence-corrected chi connectivity index (χ3v) is 3.88. The average molecular weight is 285 g/mol. The summed E-state index contributed by atoms with van der Waals surface area (Å²) in [5, 5.41) is 1.05. The number of ether oxygens (including phenoxy) is 1. The summed E-state index contributed by atoms with van der Waals surface area (Å²) in [6.45, 7) is 5.86. The van der Waals surface area contributed by atoms with Gasteiger partial charge in [-0.05, 0) is 39.0 Å². The average Bonchev–Trinajstić information content (AvgIpc) is 2.97. The maximum Gasteiger partial charge on any atom is 0.138 e. The van der Waals surface area contributed by atoms with Crippen LogP contribution >= 0.6 is 0 Å². The summed E-state index contributed by atoms with van der Waals surface area (Å²) in [6, 6.07) is 7.43. The van der Waals surface area contributed by atoms with E-state index in [2.05, 4.69) is 0 Å². The van der Waals surface area contributed by atoms with Crippen molar-refractivity contribution in [3.63, 3.8) is 0 Å². The predicted molar refractivity (Wildman–Crippen MR) is 81.7 cm³/mol. The van der Waals surface area contributed by atoms with E-state index in [9.17, 15) is 0 Å². The molecule has 0 amide bonds. The highest BCUT2D eigenvalue weighted by Gasteiger charge is 2.22. The second-order valence-corrected chi connectivity index (χ2v) is 5.30. The molecule has 2 heterocycles. The minimum absolute atomic E-state index is 0.333. The topological polar surface area (TPSA) is 61.5 Å². The molecular weight excluding hydrogens is 266 g/mol. The summed E-state index contributed by atoms with van der Waals surface area (Å²) in [5.41, 5.74) is 9.18. The Morgan fingerprint density at radius 1 is 1.10 bits per heavy atom. The number of hydrogen-bond donors (Lipinski definition) is 1. The molecule has 2 N–H and O–H groups in total. The summed E-state index contributed by atoms with van der Waals surface area (Å²) >= 11 is 0. The fraction of sp³-hybridized carbons (Fsp3) is 0.294. The Hall–Kier alpha value is -2.20. The van der Waals surface area contributed by atoms with Gasteiger partial charge in [0.05, 0.1) is 13.2 Å². The molecule has 0 saturated heterocycles. The zero-order valence-corrected chi connectivity index (χ0v) is 12.7. The third kappa shape index (κ3) is 2.21. The first-order valence-corrected chi connectivity index (χ1v) is 6.90. The molecular formula is C17H19NO3. The lowest BCUT2D eigenvalue weighted by atomic mass is 10.0. The van der Waals surface area contributed by atoms with E-state index < -0.39 is 0 Å². The summed E-state index contributed by atoms with van der Waals surface area (Å²) in [7, 11) is 1.64. The first-order valence-electron chi connectivity index (χ1n) is 6.90. The Morgan fingerprint density at radius 3 is 2.48 bits per heavy atom. The van der Waals surface area contributed by atoms with Gasteiger partial charge in [-0.2, -0.15) is 0 Å². The van der Waals surface area contributed by atoms with Gasteiger partial charge in [0.1, 0.15) is 28.6 Å². The molecule has 21 heavy (non-hydrogen) atoms. The van der Waals surface area contributed by atoms with Gasteiger partial charge in [-0.25, -0.2) is 0 Å². The second-order valence-electron chi connectivity index (χ2n) is 5.30. The van der Waals surface area contributed by atoms with Crippen LogP contribution in [-0.2, 0) is 0 Å².